The fraction of sp³-hybridized carbons (Fsp3) is 0.136. The maximum absolute atomic E-state index is 9.63. The molecule has 61 heavy (non-hydrogen) atoms. The van der Waals surface area contributed by atoms with Gasteiger partial charge in [0, 0.05) is 16.8 Å². The summed E-state index contributed by atoms with van der Waals surface area (Å²) in [6, 6.07) is 69.8. The molecule has 1 saturated carbocycles. The van der Waals surface area contributed by atoms with Gasteiger partial charge in [-0.2, -0.15) is 5.26 Å². The van der Waals surface area contributed by atoms with E-state index in [2.05, 4.69) is 195 Å². The molecular formula is C59H44N2. The van der Waals surface area contributed by atoms with Gasteiger partial charge >= 0.3 is 0 Å². The lowest BCUT2D eigenvalue weighted by atomic mass is 9.61. The van der Waals surface area contributed by atoms with Crippen molar-refractivity contribution in [1.82, 2.24) is 0 Å². The third kappa shape index (κ3) is 5.14. The maximum atomic E-state index is 9.63. The smallest absolute Gasteiger partial charge is 0.0991 e. The highest BCUT2D eigenvalue weighted by Crippen LogP contribution is 2.61. The second kappa shape index (κ2) is 13.4. The standard InChI is InChI=1S/C59H44N2/c1-58-32-11-12-33-59(58,2)61(43-25-22-38(37-60)23-26-43)55-31-24-42(34-54(55)58)52-35-50(40-14-5-3-6-15-40)46-29-30-49-53(45-21-13-19-39-18-9-10-20-44(39)45)36-51(41-16-7-4-8-17-41)47-27-28-48(52)56(46)57(47)49/h3-10,13-31,34-36H,11-12,32-33H2,1-2H3. The van der Waals surface area contributed by atoms with Crippen LogP contribution in [0.4, 0.5) is 11.4 Å². The molecule has 1 aliphatic carbocycles. The Balaban J connectivity index is 1.17. The van der Waals surface area contributed by atoms with Crippen LogP contribution < -0.4 is 4.90 Å². The van der Waals surface area contributed by atoms with Gasteiger partial charge in [0.1, 0.15) is 0 Å². The fourth-order valence-electron chi connectivity index (χ4n) is 11.6. The molecule has 1 fully saturated rings. The van der Waals surface area contributed by atoms with Gasteiger partial charge < -0.3 is 4.90 Å². The number of nitrogens with zero attached hydrogens (tertiary/aromatic N) is 2. The third-order valence-electron chi connectivity index (χ3n) is 14.8. The molecule has 12 rings (SSSR count). The summed E-state index contributed by atoms with van der Waals surface area (Å²) >= 11 is 0. The topological polar surface area (TPSA) is 27.0 Å². The van der Waals surface area contributed by atoms with Crippen LogP contribution in [0.5, 0.6) is 0 Å². The number of anilines is 2. The molecule has 2 aliphatic rings. The molecule has 0 amide bonds. The predicted molar refractivity (Wildman–Crippen MR) is 257 cm³/mol. The van der Waals surface area contributed by atoms with Gasteiger partial charge in [-0.15, -0.1) is 0 Å². The van der Waals surface area contributed by atoms with Gasteiger partial charge in [0.25, 0.3) is 0 Å². The SMILES string of the molecule is CC12CCCCC1(C)N(c1ccc(C#N)cc1)c1ccc(-c3cc(-c4ccccc4)c4ccc5c(-c6cccc7ccccc67)cc(-c6ccccc6)c6ccc3c4c65)cc12. The zero-order valence-electron chi connectivity index (χ0n) is 34.5. The molecule has 2 nitrogen and oxygen atoms in total. The van der Waals surface area contributed by atoms with Crippen molar-refractivity contribution in [3.8, 4) is 50.6 Å². The van der Waals surface area contributed by atoms with Crippen LogP contribution in [-0.2, 0) is 5.41 Å². The molecule has 0 N–H and O–H groups in total. The van der Waals surface area contributed by atoms with E-state index in [1.54, 1.807) is 0 Å². The molecule has 2 heteroatoms. The van der Waals surface area contributed by atoms with Crippen molar-refractivity contribution in [2.24, 2.45) is 0 Å². The molecule has 0 saturated heterocycles. The highest BCUT2D eigenvalue weighted by Gasteiger charge is 2.57. The molecule has 0 radical (unpaired) electrons. The van der Waals surface area contributed by atoms with E-state index in [4.69, 9.17) is 0 Å². The quantitative estimate of drug-likeness (QED) is 0.163. The Labute approximate surface area is 357 Å². The van der Waals surface area contributed by atoms with Crippen LogP contribution in [0, 0.1) is 11.3 Å². The Bertz CT molecular complexity index is 3390. The average Bonchev–Trinajstić information content (AvgIpc) is 3.53. The lowest BCUT2D eigenvalue weighted by molar-refractivity contribution is 0.195. The van der Waals surface area contributed by atoms with E-state index in [1.165, 1.54) is 112 Å². The van der Waals surface area contributed by atoms with Crippen molar-refractivity contribution >= 4 is 54.5 Å². The summed E-state index contributed by atoms with van der Waals surface area (Å²) in [5, 5.41) is 19.9. The fourth-order valence-corrected chi connectivity index (χ4v) is 11.6. The zero-order chi connectivity index (χ0) is 40.9. The highest BCUT2D eigenvalue weighted by molar-refractivity contribution is 6.32. The van der Waals surface area contributed by atoms with Gasteiger partial charge in [0.05, 0.1) is 17.2 Å². The molecule has 290 valence electrons. The van der Waals surface area contributed by atoms with Crippen LogP contribution in [-0.4, -0.2) is 5.54 Å². The predicted octanol–water partition coefficient (Wildman–Crippen LogP) is 16.0. The third-order valence-corrected chi connectivity index (χ3v) is 14.8. The van der Waals surface area contributed by atoms with E-state index < -0.39 is 0 Å². The molecule has 1 heterocycles. The Morgan fingerprint density at radius 1 is 0.459 bits per heavy atom. The summed E-state index contributed by atoms with van der Waals surface area (Å²) in [7, 11) is 0. The number of nitriles is 1. The van der Waals surface area contributed by atoms with E-state index in [0.29, 0.717) is 5.56 Å². The van der Waals surface area contributed by atoms with Crippen molar-refractivity contribution in [3.05, 3.63) is 193 Å². The van der Waals surface area contributed by atoms with Crippen LogP contribution in [0.2, 0.25) is 0 Å². The summed E-state index contributed by atoms with van der Waals surface area (Å²) in [4.78, 5) is 2.60. The normalized spacial score (nSPS) is 18.5. The summed E-state index contributed by atoms with van der Waals surface area (Å²) in [6.07, 6.45) is 4.68. The number of rotatable bonds is 5. The van der Waals surface area contributed by atoms with Gasteiger partial charge in [-0.05, 0) is 161 Å². The first-order chi connectivity index (χ1) is 29.9. The van der Waals surface area contributed by atoms with Gasteiger partial charge in [-0.3, -0.25) is 0 Å². The number of benzene rings is 10. The average molecular weight is 781 g/mol. The largest absolute Gasteiger partial charge is 0.334 e. The summed E-state index contributed by atoms with van der Waals surface area (Å²) < 4.78 is 0. The van der Waals surface area contributed by atoms with E-state index in [0.717, 1.165) is 18.5 Å². The number of fused-ring (bicyclic) bond motifs is 4. The van der Waals surface area contributed by atoms with Gasteiger partial charge in [-0.25, -0.2) is 0 Å². The Kier molecular flexibility index (Phi) is 7.85. The molecule has 2 unspecified atom stereocenters. The summed E-state index contributed by atoms with van der Waals surface area (Å²) in [5.41, 5.74) is 14.4. The Morgan fingerprint density at radius 2 is 1.02 bits per heavy atom. The van der Waals surface area contributed by atoms with Crippen LogP contribution in [0.3, 0.4) is 0 Å². The first-order valence-electron chi connectivity index (χ1n) is 21.8. The maximum Gasteiger partial charge on any atom is 0.0991 e. The van der Waals surface area contributed by atoms with E-state index >= 15 is 0 Å². The minimum absolute atomic E-state index is 0.0471. The molecule has 2 atom stereocenters. The molecule has 10 aromatic carbocycles. The van der Waals surface area contributed by atoms with E-state index in [9.17, 15) is 5.26 Å². The summed E-state index contributed by atoms with van der Waals surface area (Å²) in [5.74, 6) is 0. The molecule has 0 bridgehead atoms. The second-order valence-electron chi connectivity index (χ2n) is 17.8. The number of hydrogen-bond donors (Lipinski definition) is 0. The first-order valence-corrected chi connectivity index (χ1v) is 21.8. The monoisotopic (exact) mass is 780 g/mol. The lowest BCUT2D eigenvalue weighted by Crippen LogP contribution is -2.54. The summed E-state index contributed by atoms with van der Waals surface area (Å²) in [6.45, 7) is 4.99. The minimum atomic E-state index is -0.0932. The van der Waals surface area contributed by atoms with Crippen LogP contribution in [0.1, 0.15) is 50.7 Å². The van der Waals surface area contributed by atoms with Gasteiger partial charge in [0.2, 0.25) is 0 Å². The molecular weight excluding hydrogens is 737 g/mol. The van der Waals surface area contributed by atoms with Crippen molar-refractivity contribution < 1.29 is 0 Å². The highest BCUT2D eigenvalue weighted by atomic mass is 15.3. The first kappa shape index (κ1) is 35.7. The zero-order valence-corrected chi connectivity index (χ0v) is 34.5. The Hall–Kier alpha value is -7.21. The van der Waals surface area contributed by atoms with Crippen molar-refractivity contribution in [1.29, 1.82) is 5.26 Å². The van der Waals surface area contributed by atoms with Gasteiger partial charge in [-0.1, -0.05) is 153 Å². The van der Waals surface area contributed by atoms with Gasteiger partial charge in [0.15, 0.2) is 0 Å². The molecule has 10 aromatic rings. The van der Waals surface area contributed by atoms with E-state index in [-0.39, 0.29) is 11.0 Å². The van der Waals surface area contributed by atoms with Crippen LogP contribution >= 0.6 is 0 Å². The van der Waals surface area contributed by atoms with Crippen LogP contribution in [0.15, 0.2) is 182 Å². The van der Waals surface area contributed by atoms with E-state index in [1.807, 2.05) is 12.1 Å². The molecule has 0 spiro atoms. The van der Waals surface area contributed by atoms with Crippen LogP contribution in [0.25, 0.3) is 87.6 Å². The molecule has 0 aromatic heterocycles. The minimum Gasteiger partial charge on any atom is -0.334 e. The Morgan fingerprint density at radius 3 is 1.67 bits per heavy atom. The van der Waals surface area contributed by atoms with Crippen molar-refractivity contribution in [2.75, 3.05) is 4.90 Å². The van der Waals surface area contributed by atoms with Crippen molar-refractivity contribution in [2.45, 2.75) is 50.5 Å². The van der Waals surface area contributed by atoms with Crippen molar-refractivity contribution in [3.63, 3.8) is 0 Å². The second-order valence-corrected chi connectivity index (χ2v) is 17.8. The lowest BCUT2D eigenvalue weighted by Gasteiger charge is -2.50. The number of hydrogen-bond acceptors (Lipinski definition) is 2. The molecule has 1 aliphatic heterocycles.